The number of aromatic hydroxyl groups is 2. The van der Waals surface area contributed by atoms with Gasteiger partial charge in [0.25, 0.3) is 0 Å². The first kappa shape index (κ1) is 62.7. The maximum absolute atomic E-state index is 13.7. The molecule has 0 spiro atoms. The van der Waals surface area contributed by atoms with Gasteiger partial charge in [0.2, 0.25) is 53.2 Å². The van der Waals surface area contributed by atoms with Gasteiger partial charge in [0.05, 0.1) is 12.6 Å². The molecule has 0 fully saturated rings. The topological polar surface area (TPSA) is 480 Å². The zero-order chi connectivity index (χ0) is 56.4. The summed E-state index contributed by atoms with van der Waals surface area (Å²) in [6.45, 7) is 1.93. The Morgan fingerprint density at radius 3 is 1.40 bits per heavy atom. The monoisotopic (exact) mass is 1060 g/mol. The highest BCUT2D eigenvalue weighted by molar-refractivity contribution is 5.97. The number of carboxylic acids is 3. The Hall–Kier alpha value is -8.40. The first-order valence-electron chi connectivity index (χ1n) is 23.6. The van der Waals surface area contributed by atoms with Crippen molar-refractivity contribution in [2.75, 3.05) is 13.1 Å². The van der Waals surface area contributed by atoms with Gasteiger partial charge in [-0.05, 0) is 94.3 Å². The van der Waals surface area contributed by atoms with Crippen molar-refractivity contribution >= 4 is 71.1 Å². The number of benzene rings is 2. The number of carbonyl (C=O) groups excluding carboxylic acids is 9. The summed E-state index contributed by atoms with van der Waals surface area (Å²) in [5.74, 6) is -12.6. The molecular formula is C47H67N11O17. The van der Waals surface area contributed by atoms with Gasteiger partial charge in [0.1, 0.15) is 53.8 Å². The van der Waals surface area contributed by atoms with Crippen molar-refractivity contribution in [2.45, 2.75) is 133 Å². The van der Waals surface area contributed by atoms with Gasteiger partial charge in [-0.1, -0.05) is 24.3 Å². The smallest absolute Gasteiger partial charge is 0.326 e. The summed E-state index contributed by atoms with van der Waals surface area (Å²) in [7, 11) is 0. The summed E-state index contributed by atoms with van der Waals surface area (Å²) in [5.41, 5.74) is 17.6. The molecule has 28 heteroatoms. The third-order valence-electron chi connectivity index (χ3n) is 11.1. The molecule has 412 valence electrons. The van der Waals surface area contributed by atoms with Gasteiger partial charge >= 0.3 is 17.9 Å². The van der Waals surface area contributed by atoms with Crippen LogP contribution in [0.5, 0.6) is 11.5 Å². The Bertz CT molecular complexity index is 2340. The lowest BCUT2D eigenvalue weighted by Gasteiger charge is -2.26. The van der Waals surface area contributed by atoms with Crippen LogP contribution in [-0.4, -0.2) is 158 Å². The van der Waals surface area contributed by atoms with Crippen molar-refractivity contribution in [3.05, 3.63) is 59.7 Å². The molecule has 28 nitrogen and oxygen atoms in total. The van der Waals surface area contributed by atoms with Gasteiger partial charge in [-0.2, -0.15) is 0 Å². The first-order chi connectivity index (χ1) is 35.3. The third-order valence-corrected chi connectivity index (χ3v) is 11.1. The number of amides is 9. The lowest BCUT2D eigenvalue weighted by atomic mass is 10.0. The van der Waals surface area contributed by atoms with Crippen LogP contribution >= 0.6 is 0 Å². The van der Waals surface area contributed by atoms with E-state index in [2.05, 4.69) is 42.5 Å². The standard InChI is InChI=1S/C47H67N11O17/c1-24(53-44(71)32(15-17-36(50)61)55-46(73)35(22-27-8-12-29(60)13-9-27)58-42(69)30(49)14-18-38(63)64)40(67)52-25(2)41(68)57-34(21-26-6-10-28(59)11-7-26)43(70)51-23-37(62)54-31(5-3-4-20-48)45(72)56-33(47(74)75)16-19-39(65)66/h6-13,24-25,30-35,59-60H,3-5,14-23,48-49H2,1-2H3,(H2,50,61)(H,51,70)(H,52,67)(H,53,71)(H,54,62)(H,55,73)(H,56,72)(H,57,68)(H,58,69)(H,63,64)(H,65,66)(H,74,75)/t24-,25-,30-,31-,32-,33-,34-,35-/m0/s1. The molecule has 0 bridgehead atoms. The molecule has 0 heterocycles. The highest BCUT2D eigenvalue weighted by Gasteiger charge is 2.32. The van der Waals surface area contributed by atoms with Crippen LogP contribution in [0.3, 0.4) is 0 Å². The van der Waals surface area contributed by atoms with Crippen molar-refractivity contribution in [2.24, 2.45) is 17.2 Å². The highest BCUT2D eigenvalue weighted by Crippen LogP contribution is 2.14. The molecule has 0 aliphatic rings. The van der Waals surface area contributed by atoms with Crippen LogP contribution in [0.15, 0.2) is 48.5 Å². The van der Waals surface area contributed by atoms with Gasteiger partial charge in [-0.3, -0.25) is 52.7 Å². The van der Waals surface area contributed by atoms with E-state index in [9.17, 15) is 72.9 Å². The van der Waals surface area contributed by atoms with E-state index < -0.39 is 158 Å². The Morgan fingerprint density at radius 1 is 0.480 bits per heavy atom. The number of aliphatic carboxylic acids is 3. The van der Waals surface area contributed by atoms with Gasteiger partial charge in [-0.25, -0.2) is 4.79 Å². The molecule has 2 aromatic carbocycles. The lowest BCUT2D eigenvalue weighted by molar-refractivity contribution is -0.143. The fourth-order valence-electron chi connectivity index (χ4n) is 6.85. The molecular weight excluding hydrogens is 991 g/mol. The van der Waals surface area contributed by atoms with Crippen molar-refractivity contribution in [3.63, 3.8) is 0 Å². The van der Waals surface area contributed by atoms with Crippen LogP contribution in [0.4, 0.5) is 0 Å². The lowest BCUT2D eigenvalue weighted by Crippen LogP contribution is -2.59. The van der Waals surface area contributed by atoms with Crippen LogP contribution < -0.4 is 59.7 Å². The van der Waals surface area contributed by atoms with Crippen molar-refractivity contribution in [1.82, 2.24) is 42.5 Å². The number of hydrogen-bond donors (Lipinski definition) is 16. The fraction of sp³-hybridized carbons (Fsp3) is 0.489. The van der Waals surface area contributed by atoms with Crippen molar-refractivity contribution < 1.29 is 83.1 Å². The summed E-state index contributed by atoms with van der Waals surface area (Å²) in [5, 5.41) is 66.1. The normalized spacial score (nSPS) is 14.0. The molecule has 2 aromatic rings. The molecule has 8 atom stereocenters. The van der Waals surface area contributed by atoms with Crippen LogP contribution in [-0.2, 0) is 70.4 Å². The summed E-state index contributed by atoms with van der Waals surface area (Å²) in [6.07, 6.45) is -2.29. The second-order valence-electron chi connectivity index (χ2n) is 17.4. The minimum Gasteiger partial charge on any atom is -0.508 e. The van der Waals surface area contributed by atoms with Crippen LogP contribution in [0.1, 0.15) is 82.8 Å². The minimum atomic E-state index is -1.59. The molecule has 0 saturated carbocycles. The van der Waals surface area contributed by atoms with E-state index >= 15 is 0 Å². The molecule has 75 heavy (non-hydrogen) atoms. The largest absolute Gasteiger partial charge is 0.508 e. The number of carboxylic acid groups (broad SMARTS) is 3. The molecule has 0 aromatic heterocycles. The second-order valence-corrected chi connectivity index (χ2v) is 17.4. The summed E-state index contributed by atoms with van der Waals surface area (Å²) in [6, 6.07) is -0.514. The number of rotatable bonds is 34. The number of phenols is 2. The molecule has 0 unspecified atom stereocenters. The Morgan fingerprint density at radius 2 is 0.893 bits per heavy atom. The maximum Gasteiger partial charge on any atom is 0.326 e. The summed E-state index contributed by atoms with van der Waals surface area (Å²) >= 11 is 0. The minimum absolute atomic E-state index is 0.00788. The Balaban J connectivity index is 2.22. The van der Waals surface area contributed by atoms with E-state index in [1.165, 1.54) is 62.4 Å². The maximum atomic E-state index is 13.7. The molecule has 0 saturated heterocycles. The average molecular weight is 1060 g/mol. The quantitative estimate of drug-likeness (QED) is 0.0297. The number of phenolic OH excluding ortho intramolecular Hbond substituents is 2. The number of hydrogen-bond acceptors (Lipinski definition) is 16. The predicted molar refractivity (Wildman–Crippen MR) is 262 cm³/mol. The van der Waals surface area contributed by atoms with Gasteiger partial charge < -0.3 is 85.3 Å². The van der Waals surface area contributed by atoms with E-state index in [-0.39, 0.29) is 43.7 Å². The third kappa shape index (κ3) is 24.3. The Labute approximate surface area is 430 Å². The van der Waals surface area contributed by atoms with Crippen LogP contribution in [0.2, 0.25) is 0 Å². The SMILES string of the molecule is C[C@H](NC(=O)[C@H](C)NC(=O)[C@H](CCC(N)=O)NC(=O)[C@H](Cc1ccc(O)cc1)NC(=O)[C@@H](N)CCC(=O)O)C(=O)N[C@@H](Cc1ccc(O)cc1)C(=O)NCC(=O)N[C@@H](CCCCN)C(=O)N[C@@H](CCC(=O)O)C(=O)O. The van der Waals surface area contributed by atoms with Crippen LogP contribution in [0, 0.1) is 0 Å². The zero-order valence-electron chi connectivity index (χ0n) is 41.3. The van der Waals surface area contributed by atoms with Gasteiger partial charge in [0, 0.05) is 32.1 Å². The second kappa shape index (κ2) is 31.9. The zero-order valence-corrected chi connectivity index (χ0v) is 41.3. The number of unbranched alkanes of at least 4 members (excludes halogenated alkanes) is 1. The number of carbonyl (C=O) groups is 12. The Kier molecular flexibility index (Phi) is 26.7. The van der Waals surface area contributed by atoms with Crippen molar-refractivity contribution in [3.8, 4) is 11.5 Å². The first-order valence-corrected chi connectivity index (χ1v) is 23.6. The fourth-order valence-corrected chi connectivity index (χ4v) is 6.85. The molecule has 0 aliphatic heterocycles. The van der Waals surface area contributed by atoms with Gasteiger partial charge in [0.15, 0.2) is 0 Å². The highest BCUT2D eigenvalue weighted by atomic mass is 16.4. The molecule has 0 radical (unpaired) electrons. The van der Waals surface area contributed by atoms with Gasteiger partial charge in [-0.15, -0.1) is 0 Å². The van der Waals surface area contributed by atoms with Crippen molar-refractivity contribution in [1.29, 1.82) is 0 Å². The van der Waals surface area contributed by atoms with Crippen LogP contribution in [0.25, 0.3) is 0 Å². The van der Waals surface area contributed by atoms with E-state index in [4.69, 9.17) is 27.4 Å². The summed E-state index contributed by atoms with van der Waals surface area (Å²) < 4.78 is 0. The number of nitrogens with two attached hydrogens (primary N) is 3. The van der Waals surface area contributed by atoms with E-state index in [1.807, 2.05) is 0 Å². The number of primary amides is 1. The molecule has 0 aliphatic carbocycles. The number of nitrogens with one attached hydrogen (secondary N) is 8. The van der Waals surface area contributed by atoms with E-state index in [1.54, 1.807) is 0 Å². The molecule has 9 amide bonds. The van der Waals surface area contributed by atoms with E-state index in [0.29, 0.717) is 24.0 Å². The average Bonchev–Trinajstić information content (AvgIpc) is 3.34. The predicted octanol–water partition coefficient (Wildman–Crippen LogP) is -4.03. The summed E-state index contributed by atoms with van der Waals surface area (Å²) in [4.78, 5) is 153. The molecule has 2 rings (SSSR count). The molecule has 19 N–H and O–H groups in total. The van der Waals surface area contributed by atoms with E-state index in [0.717, 1.165) is 0 Å².